The third-order valence-corrected chi connectivity index (χ3v) is 2.43. The number of Topliss-reactive ketones (excluding diaryl/α,β-unsaturated/α-hetero) is 1. The van der Waals surface area contributed by atoms with Gasteiger partial charge in [0.1, 0.15) is 5.75 Å². The Hall–Kier alpha value is -0.610. The molecule has 1 atom stereocenters. The van der Waals surface area contributed by atoms with Crippen LogP contribution in [0.4, 0.5) is 4.39 Å². The number of alkyl halides is 2. The second-order valence-corrected chi connectivity index (χ2v) is 4.68. The second kappa shape index (κ2) is 5.47. The van der Waals surface area contributed by atoms with Crippen LogP contribution < -0.4 is 4.74 Å². The molecule has 0 heterocycles. The minimum Gasteiger partial charge on any atom is -0.462 e. The average Bonchev–Trinajstić information content (AvgIpc) is 2.20. The first-order valence-corrected chi connectivity index (χ1v) is 5.52. The Morgan fingerprint density at radius 3 is 2.87 bits per heavy atom. The van der Waals surface area contributed by atoms with Gasteiger partial charge in [0.05, 0.1) is 10.4 Å². The molecule has 1 aromatic carbocycles. The predicted octanol–water partition coefficient (Wildman–Crippen LogP) is 3.61. The number of hydrogen-bond acceptors (Lipinski definition) is 2. The van der Waals surface area contributed by atoms with E-state index in [0.717, 1.165) is 0 Å². The van der Waals surface area contributed by atoms with E-state index in [4.69, 9.17) is 16.3 Å². The molecule has 5 heteroatoms. The summed E-state index contributed by atoms with van der Waals surface area (Å²) in [7, 11) is 0. The smallest absolute Gasteiger partial charge is 0.228 e. The normalized spacial score (nSPS) is 12.3. The molecule has 0 saturated heterocycles. The van der Waals surface area contributed by atoms with Gasteiger partial charge in [0, 0.05) is 5.02 Å². The SMILES string of the molecule is CC(Br)C(=O)c1cc(Cl)ccc1OCF. The Balaban J connectivity index is 3.12. The maximum absolute atomic E-state index is 12.0. The van der Waals surface area contributed by atoms with Crippen molar-refractivity contribution < 1.29 is 13.9 Å². The average molecular weight is 296 g/mol. The summed E-state index contributed by atoms with van der Waals surface area (Å²) in [6.45, 7) is 0.709. The molecule has 0 bridgehead atoms. The van der Waals surface area contributed by atoms with Crippen molar-refractivity contribution in [3.05, 3.63) is 28.8 Å². The van der Waals surface area contributed by atoms with Crippen LogP contribution in [0, 0.1) is 0 Å². The van der Waals surface area contributed by atoms with Crippen molar-refractivity contribution in [2.45, 2.75) is 11.8 Å². The Morgan fingerprint density at radius 1 is 1.67 bits per heavy atom. The van der Waals surface area contributed by atoms with Crippen LogP contribution in [0.25, 0.3) is 0 Å². The summed E-state index contributed by atoms with van der Waals surface area (Å²) in [5, 5.41) is 0.415. The zero-order valence-corrected chi connectivity index (χ0v) is 10.3. The van der Waals surface area contributed by atoms with Crippen LogP contribution in [0.15, 0.2) is 18.2 Å². The number of rotatable bonds is 4. The van der Waals surface area contributed by atoms with Gasteiger partial charge < -0.3 is 4.74 Å². The fraction of sp³-hybridized carbons (Fsp3) is 0.300. The summed E-state index contributed by atoms with van der Waals surface area (Å²) in [4.78, 5) is 11.3. The first-order valence-electron chi connectivity index (χ1n) is 4.23. The molecule has 0 radical (unpaired) electrons. The van der Waals surface area contributed by atoms with Gasteiger partial charge in [0.15, 0.2) is 5.78 Å². The molecular formula is C10H9BrClFO2. The molecule has 82 valence electrons. The van der Waals surface area contributed by atoms with E-state index in [1.54, 1.807) is 13.0 Å². The van der Waals surface area contributed by atoms with Gasteiger partial charge in [-0.25, -0.2) is 4.39 Å². The minimum atomic E-state index is -0.974. The van der Waals surface area contributed by atoms with Crippen LogP contribution in [-0.4, -0.2) is 17.5 Å². The van der Waals surface area contributed by atoms with E-state index in [-0.39, 0.29) is 21.9 Å². The zero-order valence-electron chi connectivity index (χ0n) is 7.97. The van der Waals surface area contributed by atoms with Gasteiger partial charge in [0.25, 0.3) is 0 Å². The third kappa shape index (κ3) is 3.18. The molecule has 1 unspecified atom stereocenters. The first kappa shape index (κ1) is 12.5. The fourth-order valence-corrected chi connectivity index (χ4v) is 1.51. The van der Waals surface area contributed by atoms with E-state index >= 15 is 0 Å². The molecule has 0 aliphatic rings. The molecule has 15 heavy (non-hydrogen) atoms. The topological polar surface area (TPSA) is 26.3 Å². The van der Waals surface area contributed by atoms with E-state index in [1.165, 1.54) is 12.1 Å². The monoisotopic (exact) mass is 294 g/mol. The van der Waals surface area contributed by atoms with Crippen LogP contribution in [0.2, 0.25) is 5.02 Å². The molecule has 1 rings (SSSR count). The summed E-state index contributed by atoms with van der Waals surface area (Å²) in [6.07, 6.45) is 0. The van der Waals surface area contributed by atoms with Gasteiger partial charge in [-0.15, -0.1) is 0 Å². The van der Waals surface area contributed by atoms with Crippen molar-refractivity contribution in [1.82, 2.24) is 0 Å². The summed E-state index contributed by atoms with van der Waals surface area (Å²) < 4.78 is 16.7. The molecule has 1 aromatic rings. The zero-order chi connectivity index (χ0) is 11.4. The molecule has 0 saturated carbocycles. The lowest BCUT2D eigenvalue weighted by Gasteiger charge is -2.09. The highest BCUT2D eigenvalue weighted by atomic mass is 79.9. The minimum absolute atomic E-state index is 0.194. The fourth-order valence-electron chi connectivity index (χ4n) is 1.09. The van der Waals surface area contributed by atoms with Crippen LogP contribution in [0.5, 0.6) is 5.75 Å². The molecule has 0 fully saturated rings. The molecule has 0 amide bonds. The number of carbonyl (C=O) groups is 1. The van der Waals surface area contributed by atoms with Crippen molar-refractivity contribution in [2.75, 3.05) is 6.86 Å². The van der Waals surface area contributed by atoms with Crippen molar-refractivity contribution >= 4 is 33.3 Å². The van der Waals surface area contributed by atoms with E-state index in [0.29, 0.717) is 5.02 Å². The van der Waals surface area contributed by atoms with Crippen LogP contribution in [0.1, 0.15) is 17.3 Å². The summed E-state index contributed by atoms with van der Waals surface area (Å²) >= 11 is 8.89. The Morgan fingerprint density at radius 2 is 2.33 bits per heavy atom. The predicted molar refractivity (Wildman–Crippen MR) is 60.8 cm³/mol. The largest absolute Gasteiger partial charge is 0.462 e. The van der Waals surface area contributed by atoms with Crippen molar-refractivity contribution in [3.8, 4) is 5.75 Å². The van der Waals surface area contributed by atoms with E-state index in [2.05, 4.69) is 15.9 Å². The second-order valence-electron chi connectivity index (χ2n) is 2.87. The molecule has 0 aliphatic heterocycles. The van der Waals surface area contributed by atoms with Gasteiger partial charge in [-0.05, 0) is 25.1 Å². The lowest BCUT2D eigenvalue weighted by Crippen LogP contribution is -2.11. The lowest BCUT2D eigenvalue weighted by atomic mass is 10.1. The highest BCUT2D eigenvalue weighted by Crippen LogP contribution is 2.25. The molecule has 0 aromatic heterocycles. The highest BCUT2D eigenvalue weighted by molar-refractivity contribution is 9.10. The lowest BCUT2D eigenvalue weighted by molar-refractivity contribution is 0.0988. The molecule has 0 aliphatic carbocycles. The van der Waals surface area contributed by atoms with Crippen molar-refractivity contribution in [2.24, 2.45) is 0 Å². The van der Waals surface area contributed by atoms with Crippen molar-refractivity contribution in [1.29, 1.82) is 0 Å². The third-order valence-electron chi connectivity index (χ3n) is 1.78. The van der Waals surface area contributed by atoms with Gasteiger partial charge in [-0.1, -0.05) is 27.5 Å². The number of halogens is 3. The van der Waals surface area contributed by atoms with Crippen LogP contribution in [-0.2, 0) is 0 Å². The van der Waals surface area contributed by atoms with E-state index in [1.807, 2.05) is 0 Å². The molecule has 0 spiro atoms. The van der Waals surface area contributed by atoms with Crippen LogP contribution >= 0.6 is 27.5 Å². The number of carbonyl (C=O) groups excluding carboxylic acids is 1. The number of ketones is 1. The maximum Gasteiger partial charge on any atom is 0.228 e. The number of ether oxygens (including phenoxy) is 1. The van der Waals surface area contributed by atoms with Gasteiger partial charge in [-0.2, -0.15) is 0 Å². The van der Waals surface area contributed by atoms with E-state index in [9.17, 15) is 9.18 Å². The van der Waals surface area contributed by atoms with E-state index < -0.39 is 6.86 Å². The maximum atomic E-state index is 12.0. The highest BCUT2D eigenvalue weighted by Gasteiger charge is 2.17. The summed E-state index contributed by atoms with van der Waals surface area (Å²) in [6, 6.07) is 4.49. The van der Waals surface area contributed by atoms with Gasteiger partial charge >= 0.3 is 0 Å². The number of benzene rings is 1. The standard InChI is InChI=1S/C10H9BrClFO2/c1-6(11)10(14)8-4-7(12)2-3-9(8)15-5-13/h2-4,6H,5H2,1H3. The Labute approximate surface area is 101 Å². The van der Waals surface area contributed by atoms with Gasteiger partial charge in [-0.3, -0.25) is 4.79 Å². The first-order chi connectivity index (χ1) is 7.06. The van der Waals surface area contributed by atoms with Crippen LogP contribution in [0.3, 0.4) is 0 Å². The Bertz CT molecular complexity index is 368. The molecular weight excluding hydrogens is 286 g/mol. The quantitative estimate of drug-likeness (QED) is 0.626. The number of hydrogen-bond donors (Lipinski definition) is 0. The summed E-state index contributed by atoms with van der Waals surface area (Å²) in [5.41, 5.74) is 0.282. The summed E-state index contributed by atoms with van der Waals surface area (Å²) in [5.74, 6) is 0.0131. The molecule has 2 nitrogen and oxygen atoms in total. The Kier molecular flexibility index (Phi) is 4.54. The molecule has 0 N–H and O–H groups in total. The van der Waals surface area contributed by atoms with Gasteiger partial charge in [0.2, 0.25) is 6.86 Å². The van der Waals surface area contributed by atoms with Crippen molar-refractivity contribution in [3.63, 3.8) is 0 Å².